The minimum absolute atomic E-state index is 0.141. The summed E-state index contributed by atoms with van der Waals surface area (Å²) in [4.78, 5) is 26.6. The molecule has 1 atom stereocenters. The lowest BCUT2D eigenvalue weighted by Gasteiger charge is -2.33. The first-order chi connectivity index (χ1) is 12.6. The number of nitrogens with zero attached hydrogens (tertiary/aromatic N) is 3. The van der Waals surface area contributed by atoms with Crippen molar-refractivity contribution in [2.24, 2.45) is 5.92 Å². The number of hydrogen-bond donors (Lipinski definition) is 1. The normalized spacial score (nSPS) is 17.1. The summed E-state index contributed by atoms with van der Waals surface area (Å²) in [6.45, 7) is 2.61. The fraction of sp³-hybridized carbons (Fsp3) is 0.421. The van der Waals surface area contributed by atoms with Crippen LogP contribution in [0.15, 0.2) is 42.7 Å². The van der Waals surface area contributed by atoms with Crippen LogP contribution >= 0.6 is 11.6 Å². The first kappa shape index (κ1) is 18.5. The van der Waals surface area contributed by atoms with E-state index in [4.69, 9.17) is 11.6 Å². The minimum atomic E-state index is -0.169. The molecule has 0 radical (unpaired) electrons. The molecule has 138 valence electrons. The molecule has 2 aromatic rings. The number of amides is 2. The van der Waals surface area contributed by atoms with E-state index in [1.54, 1.807) is 35.1 Å². The number of carbonyl (C=O) groups is 2. The van der Waals surface area contributed by atoms with Crippen LogP contribution in [0, 0.1) is 5.92 Å². The maximum Gasteiger partial charge on any atom is 0.252 e. The average Bonchev–Trinajstić information content (AvgIpc) is 3.18. The van der Waals surface area contributed by atoms with Crippen molar-refractivity contribution >= 4 is 23.4 Å². The van der Waals surface area contributed by atoms with Crippen LogP contribution in [0.2, 0.25) is 5.02 Å². The van der Waals surface area contributed by atoms with Crippen LogP contribution in [0.5, 0.6) is 0 Å². The predicted molar refractivity (Wildman–Crippen MR) is 99.9 cm³/mol. The zero-order valence-corrected chi connectivity index (χ0v) is 15.4. The van der Waals surface area contributed by atoms with Crippen LogP contribution in [-0.4, -0.2) is 46.1 Å². The van der Waals surface area contributed by atoms with Crippen molar-refractivity contribution in [3.8, 4) is 0 Å². The molecule has 26 heavy (non-hydrogen) atoms. The first-order valence-corrected chi connectivity index (χ1v) is 9.29. The van der Waals surface area contributed by atoms with Crippen LogP contribution in [-0.2, 0) is 11.3 Å². The van der Waals surface area contributed by atoms with Gasteiger partial charge in [-0.1, -0.05) is 23.7 Å². The third kappa shape index (κ3) is 4.85. The SMILES string of the molecule is O=C(NC[C@@H]1CCCN(C(=O)CCn2cccn2)C1)c1ccccc1Cl. The molecule has 1 aliphatic rings. The lowest BCUT2D eigenvalue weighted by Crippen LogP contribution is -2.44. The molecule has 0 bridgehead atoms. The average molecular weight is 375 g/mol. The Hall–Kier alpha value is -2.34. The Bertz CT molecular complexity index is 748. The molecule has 1 fully saturated rings. The monoisotopic (exact) mass is 374 g/mol. The van der Waals surface area contributed by atoms with Crippen LogP contribution in [0.1, 0.15) is 29.6 Å². The lowest BCUT2D eigenvalue weighted by atomic mass is 9.97. The second-order valence-electron chi connectivity index (χ2n) is 6.56. The van der Waals surface area contributed by atoms with Gasteiger partial charge < -0.3 is 10.2 Å². The van der Waals surface area contributed by atoms with Gasteiger partial charge in [-0.2, -0.15) is 5.10 Å². The third-order valence-corrected chi connectivity index (χ3v) is 4.99. The second kappa shape index (κ2) is 8.85. The largest absolute Gasteiger partial charge is 0.352 e. The van der Waals surface area contributed by atoms with Crippen molar-refractivity contribution in [2.45, 2.75) is 25.8 Å². The van der Waals surface area contributed by atoms with Gasteiger partial charge in [-0.15, -0.1) is 0 Å². The van der Waals surface area contributed by atoms with E-state index in [2.05, 4.69) is 10.4 Å². The number of benzene rings is 1. The molecular formula is C19H23ClN4O2. The highest BCUT2D eigenvalue weighted by Gasteiger charge is 2.24. The van der Waals surface area contributed by atoms with Gasteiger partial charge in [0.2, 0.25) is 5.91 Å². The fourth-order valence-electron chi connectivity index (χ4n) is 3.24. The molecule has 2 heterocycles. The molecule has 0 spiro atoms. The van der Waals surface area contributed by atoms with E-state index in [0.717, 1.165) is 19.4 Å². The van der Waals surface area contributed by atoms with Crippen molar-refractivity contribution < 1.29 is 9.59 Å². The Morgan fingerprint density at radius 3 is 2.88 bits per heavy atom. The molecule has 0 aliphatic carbocycles. The Kier molecular flexibility index (Phi) is 6.28. The summed E-state index contributed by atoms with van der Waals surface area (Å²) in [6, 6.07) is 8.86. The number of halogens is 1. The number of likely N-dealkylation sites (tertiary alicyclic amines) is 1. The molecule has 1 aromatic carbocycles. The van der Waals surface area contributed by atoms with Gasteiger partial charge in [-0.05, 0) is 37.0 Å². The van der Waals surface area contributed by atoms with Crippen molar-refractivity contribution in [3.05, 3.63) is 53.3 Å². The molecule has 0 unspecified atom stereocenters. The van der Waals surface area contributed by atoms with Crippen LogP contribution in [0.4, 0.5) is 0 Å². The molecule has 3 rings (SSSR count). The summed E-state index contributed by atoms with van der Waals surface area (Å²) in [6.07, 6.45) is 5.98. The van der Waals surface area contributed by atoms with Gasteiger partial charge in [0.05, 0.1) is 10.6 Å². The Morgan fingerprint density at radius 1 is 1.27 bits per heavy atom. The Morgan fingerprint density at radius 2 is 2.12 bits per heavy atom. The fourth-order valence-corrected chi connectivity index (χ4v) is 3.46. The summed E-state index contributed by atoms with van der Waals surface area (Å²) in [5.41, 5.74) is 0.483. The number of piperidine rings is 1. The number of aromatic nitrogens is 2. The van der Waals surface area contributed by atoms with E-state index in [1.807, 2.05) is 17.2 Å². The van der Waals surface area contributed by atoms with Gasteiger partial charge in [-0.3, -0.25) is 14.3 Å². The van der Waals surface area contributed by atoms with Gasteiger partial charge in [0.1, 0.15) is 0 Å². The van der Waals surface area contributed by atoms with Crippen molar-refractivity contribution in [1.29, 1.82) is 0 Å². The summed E-state index contributed by atoms with van der Waals surface area (Å²) in [7, 11) is 0. The van der Waals surface area contributed by atoms with E-state index in [1.165, 1.54) is 0 Å². The van der Waals surface area contributed by atoms with Gasteiger partial charge >= 0.3 is 0 Å². The quantitative estimate of drug-likeness (QED) is 0.845. The van der Waals surface area contributed by atoms with Crippen LogP contribution in [0.3, 0.4) is 0 Å². The van der Waals surface area contributed by atoms with Crippen molar-refractivity contribution in [1.82, 2.24) is 20.0 Å². The van der Waals surface area contributed by atoms with E-state index >= 15 is 0 Å². The van der Waals surface area contributed by atoms with Crippen LogP contribution < -0.4 is 5.32 Å². The van der Waals surface area contributed by atoms with E-state index in [9.17, 15) is 9.59 Å². The Labute approximate surface area is 158 Å². The number of carbonyl (C=O) groups excluding carboxylic acids is 2. The zero-order chi connectivity index (χ0) is 18.4. The van der Waals surface area contributed by atoms with Gasteiger partial charge in [0, 0.05) is 45.0 Å². The first-order valence-electron chi connectivity index (χ1n) is 8.91. The number of hydrogen-bond acceptors (Lipinski definition) is 3. The van der Waals surface area contributed by atoms with Crippen molar-refractivity contribution in [3.63, 3.8) is 0 Å². The van der Waals surface area contributed by atoms with Crippen molar-refractivity contribution in [2.75, 3.05) is 19.6 Å². The van der Waals surface area contributed by atoms with E-state index < -0.39 is 0 Å². The smallest absolute Gasteiger partial charge is 0.252 e. The summed E-state index contributed by atoms with van der Waals surface area (Å²) < 4.78 is 1.77. The lowest BCUT2D eigenvalue weighted by molar-refractivity contribution is -0.133. The predicted octanol–water partition coefficient (Wildman–Crippen LogP) is 2.60. The van der Waals surface area contributed by atoms with E-state index in [-0.39, 0.29) is 17.7 Å². The highest BCUT2D eigenvalue weighted by molar-refractivity contribution is 6.33. The summed E-state index contributed by atoms with van der Waals surface area (Å²) in [5.74, 6) is 0.240. The maximum atomic E-state index is 12.4. The molecule has 6 nitrogen and oxygen atoms in total. The summed E-state index contributed by atoms with van der Waals surface area (Å²) >= 11 is 6.06. The van der Waals surface area contributed by atoms with Gasteiger partial charge in [0.25, 0.3) is 5.91 Å². The second-order valence-corrected chi connectivity index (χ2v) is 6.96. The summed E-state index contributed by atoms with van der Waals surface area (Å²) in [5, 5.41) is 7.52. The number of nitrogens with one attached hydrogen (secondary N) is 1. The molecule has 0 saturated carbocycles. The molecule has 2 amide bonds. The van der Waals surface area contributed by atoms with Gasteiger partial charge in [-0.25, -0.2) is 0 Å². The maximum absolute atomic E-state index is 12.4. The molecule has 1 saturated heterocycles. The molecule has 1 aromatic heterocycles. The van der Waals surface area contributed by atoms with Gasteiger partial charge in [0.15, 0.2) is 0 Å². The molecule has 7 heteroatoms. The third-order valence-electron chi connectivity index (χ3n) is 4.66. The standard InChI is InChI=1S/C19H23ClN4O2/c20-17-7-2-1-6-16(17)19(26)21-13-15-5-3-10-23(14-15)18(25)8-12-24-11-4-9-22-24/h1-2,4,6-7,9,11,15H,3,5,8,10,12-14H2,(H,21,26)/t15-/m0/s1. The number of rotatable bonds is 6. The minimum Gasteiger partial charge on any atom is -0.352 e. The highest BCUT2D eigenvalue weighted by atomic mass is 35.5. The zero-order valence-electron chi connectivity index (χ0n) is 14.6. The Balaban J connectivity index is 1.46. The van der Waals surface area contributed by atoms with E-state index in [0.29, 0.717) is 36.6 Å². The number of aryl methyl sites for hydroxylation is 1. The topological polar surface area (TPSA) is 67.2 Å². The van der Waals surface area contributed by atoms with Crippen LogP contribution in [0.25, 0.3) is 0 Å². The molecule has 1 N–H and O–H groups in total. The molecule has 1 aliphatic heterocycles. The molecular weight excluding hydrogens is 352 g/mol. The highest BCUT2D eigenvalue weighted by Crippen LogP contribution is 2.18.